The van der Waals surface area contributed by atoms with Gasteiger partial charge in [0, 0.05) is 19.2 Å². The number of carbonyl (C=O) groups excluding carboxylic acids is 2. The number of ether oxygens (including phenoxy) is 1. The zero-order valence-corrected chi connectivity index (χ0v) is 16.2. The van der Waals surface area contributed by atoms with E-state index in [-0.39, 0.29) is 23.2 Å². The molecule has 148 valence electrons. The predicted octanol–water partition coefficient (Wildman–Crippen LogP) is 3.12. The van der Waals surface area contributed by atoms with Crippen LogP contribution >= 0.6 is 0 Å². The van der Waals surface area contributed by atoms with Gasteiger partial charge >= 0.3 is 5.97 Å². The lowest BCUT2D eigenvalue weighted by atomic mass is 9.78. The summed E-state index contributed by atoms with van der Waals surface area (Å²) in [5.41, 5.74) is 0.0943. The minimum Gasteiger partial charge on any atom is -0.449 e. The molecule has 1 saturated carbocycles. The zero-order chi connectivity index (χ0) is 20.1. The van der Waals surface area contributed by atoms with Gasteiger partial charge in [-0.3, -0.25) is 14.9 Å². The number of nitro groups is 1. The third-order valence-electron chi connectivity index (χ3n) is 5.39. The molecule has 0 unspecified atom stereocenters. The van der Waals surface area contributed by atoms with Crippen LogP contribution in [0.3, 0.4) is 0 Å². The van der Waals surface area contributed by atoms with Crippen LogP contribution < -0.4 is 10.6 Å². The average Bonchev–Trinajstić information content (AvgIpc) is 2.64. The second-order valence-electron chi connectivity index (χ2n) is 7.17. The maximum Gasteiger partial charge on any atom is 0.339 e. The van der Waals surface area contributed by atoms with Crippen LogP contribution in [0.2, 0.25) is 0 Å². The first-order valence-electron chi connectivity index (χ1n) is 9.22. The zero-order valence-electron chi connectivity index (χ0n) is 16.2. The number of nitrogens with zero attached hydrogens (tertiary/aromatic N) is 1. The van der Waals surface area contributed by atoms with E-state index in [0.29, 0.717) is 17.5 Å². The highest BCUT2D eigenvalue weighted by molar-refractivity contribution is 5.93. The smallest absolute Gasteiger partial charge is 0.339 e. The molecule has 1 aliphatic rings. The van der Waals surface area contributed by atoms with E-state index in [1.165, 1.54) is 19.1 Å². The Morgan fingerprint density at radius 2 is 2.00 bits per heavy atom. The fourth-order valence-corrected chi connectivity index (χ4v) is 3.39. The van der Waals surface area contributed by atoms with Gasteiger partial charge in [-0.25, -0.2) is 4.79 Å². The van der Waals surface area contributed by atoms with Crippen molar-refractivity contribution in [2.45, 2.75) is 52.2 Å². The number of hydrogen-bond donors (Lipinski definition) is 2. The Morgan fingerprint density at radius 1 is 1.30 bits per heavy atom. The first kappa shape index (κ1) is 20.7. The second kappa shape index (κ2) is 8.83. The molecule has 1 aliphatic carbocycles. The lowest BCUT2D eigenvalue weighted by Crippen LogP contribution is -2.47. The van der Waals surface area contributed by atoms with Crippen LogP contribution in [0.15, 0.2) is 18.2 Å². The first-order chi connectivity index (χ1) is 12.7. The van der Waals surface area contributed by atoms with Gasteiger partial charge in [-0.2, -0.15) is 0 Å². The molecule has 8 heteroatoms. The van der Waals surface area contributed by atoms with Crippen LogP contribution in [0, 0.1) is 22.0 Å². The number of nitrogens with one attached hydrogen (secondary N) is 2. The highest BCUT2D eigenvalue weighted by Crippen LogP contribution is 2.29. The standard InChI is InChI=1S/C19H27N3O5/c1-11-6-5-7-15(12(11)2)21-18(23)13(3)27-19(24)14-8-9-16(20-4)17(10-14)22(25)26/h8-13,15,20H,5-7H2,1-4H3,(H,21,23)/t11-,12-,13-,15-/m1/s1. The van der Waals surface area contributed by atoms with Crippen LogP contribution in [0.25, 0.3) is 0 Å². The number of carbonyl (C=O) groups is 2. The van der Waals surface area contributed by atoms with E-state index in [1.54, 1.807) is 7.05 Å². The minimum absolute atomic E-state index is 0.0278. The van der Waals surface area contributed by atoms with Crippen molar-refractivity contribution >= 4 is 23.3 Å². The normalized spacial score (nSPS) is 23.2. The first-order valence-corrected chi connectivity index (χ1v) is 9.22. The minimum atomic E-state index is -0.982. The molecule has 0 bridgehead atoms. The van der Waals surface area contributed by atoms with Crippen LogP contribution in [-0.4, -0.2) is 36.0 Å². The van der Waals surface area contributed by atoms with Gasteiger partial charge in [0.1, 0.15) is 5.69 Å². The molecule has 0 aromatic heterocycles. The van der Waals surface area contributed by atoms with Crippen molar-refractivity contribution in [2.24, 2.45) is 11.8 Å². The number of esters is 1. The van der Waals surface area contributed by atoms with Crippen molar-refractivity contribution in [3.8, 4) is 0 Å². The molecule has 1 amide bonds. The monoisotopic (exact) mass is 377 g/mol. The number of hydrogen-bond acceptors (Lipinski definition) is 6. The molecule has 1 aromatic rings. The molecule has 1 fully saturated rings. The molecule has 0 spiro atoms. The van der Waals surface area contributed by atoms with Crippen molar-refractivity contribution in [1.82, 2.24) is 5.32 Å². The Hall–Kier alpha value is -2.64. The molecule has 0 heterocycles. The van der Waals surface area contributed by atoms with Crippen LogP contribution in [-0.2, 0) is 9.53 Å². The van der Waals surface area contributed by atoms with Crippen molar-refractivity contribution in [3.63, 3.8) is 0 Å². The van der Waals surface area contributed by atoms with E-state index in [2.05, 4.69) is 24.5 Å². The Balaban J connectivity index is 2.01. The SMILES string of the molecule is CNc1ccc(C(=O)O[C@H](C)C(=O)N[C@@H]2CCC[C@@H](C)[C@H]2C)cc1[N+](=O)[O-]. The summed E-state index contributed by atoms with van der Waals surface area (Å²) in [6.45, 7) is 5.79. The quantitative estimate of drug-likeness (QED) is 0.448. The van der Waals surface area contributed by atoms with E-state index in [9.17, 15) is 19.7 Å². The van der Waals surface area contributed by atoms with Gasteiger partial charge in [-0.05, 0) is 37.3 Å². The topological polar surface area (TPSA) is 111 Å². The molecule has 2 rings (SSSR count). The van der Waals surface area contributed by atoms with Crippen LogP contribution in [0.1, 0.15) is 50.4 Å². The van der Waals surface area contributed by atoms with Crippen LogP contribution in [0.5, 0.6) is 0 Å². The van der Waals surface area contributed by atoms with Gasteiger partial charge in [-0.1, -0.05) is 26.7 Å². The average molecular weight is 377 g/mol. The molecule has 8 nitrogen and oxygen atoms in total. The molecule has 0 aliphatic heterocycles. The van der Waals surface area contributed by atoms with Gasteiger partial charge < -0.3 is 15.4 Å². The number of anilines is 1. The second-order valence-corrected chi connectivity index (χ2v) is 7.17. The summed E-state index contributed by atoms with van der Waals surface area (Å²) < 4.78 is 5.22. The lowest BCUT2D eigenvalue weighted by molar-refractivity contribution is -0.384. The van der Waals surface area contributed by atoms with E-state index >= 15 is 0 Å². The maximum atomic E-state index is 12.4. The van der Waals surface area contributed by atoms with Gasteiger partial charge in [0.05, 0.1) is 10.5 Å². The van der Waals surface area contributed by atoms with Crippen molar-refractivity contribution in [1.29, 1.82) is 0 Å². The number of benzene rings is 1. The highest BCUT2D eigenvalue weighted by atomic mass is 16.6. The van der Waals surface area contributed by atoms with E-state index in [0.717, 1.165) is 25.3 Å². The number of amides is 1. The number of rotatable bonds is 6. The molecule has 0 radical (unpaired) electrons. The summed E-state index contributed by atoms with van der Waals surface area (Å²) in [7, 11) is 1.56. The molecule has 2 N–H and O–H groups in total. The predicted molar refractivity (Wildman–Crippen MR) is 102 cm³/mol. The Kier molecular flexibility index (Phi) is 6.76. The fraction of sp³-hybridized carbons (Fsp3) is 0.579. The summed E-state index contributed by atoms with van der Waals surface area (Å²) in [6.07, 6.45) is 2.14. The highest BCUT2D eigenvalue weighted by Gasteiger charge is 2.30. The fourth-order valence-electron chi connectivity index (χ4n) is 3.39. The largest absolute Gasteiger partial charge is 0.449 e. The summed E-state index contributed by atoms with van der Waals surface area (Å²) in [5.74, 6) is -0.223. The summed E-state index contributed by atoms with van der Waals surface area (Å²) in [5, 5.41) is 16.8. The molecule has 4 atom stereocenters. The summed E-state index contributed by atoms with van der Waals surface area (Å²) in [6, 6.07) is 4.07. The van der Waals surface area contributed by atoms with Crippen molar-refractivity contribution < 1.29 is 19.2 Å². The number of nitro benzene ring substituents is 1. The Morgan fingerprint density at radius 3 is 2.63 bits per heavy atom. The summed E-state index contributed by atoms with van der Waals surface area (Å²) in [4.78, 5) is 35.2. The molecular formula is C19H27N3O5. The van der Waals surface area contributed by atoms with E-state index < -0.39 is 17.0 Å². The van der Waals surface area contributed by atoms with Gasteiger partial charge in [0.15, 0.2) is 6.10 Å². The van der Waals surface area contributed by atoms with Gasteiger partial charge in [0.25, 0.3) is 11.6 Å². The molecule has 1 aromatic carbocycles. The van der Waals surface area contributed by atoms with Crippen molar-refractivity contribution in [3.05, 3.63) is 33.9 Å². The Labute approximate surface area is 158 Å². The Bertz CT molecular complexity index is 721. The maximum absolute atomic E-state index is 12.4. The summed E-state index contributed by atoms with van der Waals surface area (Å²) >= 11 is 0. The molecular weight excluding hydrogens is 350 g/mol. The molecule has 27 heavy (non-hydrogen) atoms. The van der Waals surface area contributed by atoms with Crippen molar-refractivity contribution in [2.75, 3.05) is 12.4 Å². The van der Waals surface area contributed by atoms with Gasteiger partial charge in [0.2, 0.25) is 0 Å². The van der Waals surface area contributed by atoms with Gasteiger partial charge in [-0.15, -0.1) is 0 Å². The van der Waals surface area contributed by atoms with Crippen LogP contribution in [0.4, 0.5) is 11.4 Å². The third kappa shape index (κ3) is 4.96. The van der Waals surface area contributed by atoms with E-state index in [4.69, 9.17) is 4.74 Å². The third-order valence-corrected chi connectivity index (χ3v) is 5.39. The van der Waals surface area contributed by atoms with E-state index in [1.807, 2.05) is 0 Å². The molecule has 0 saturated heterocycles. The lowest BCUT2D eigenvalue weighted by Gasteiger charge is -2.35.